The Hall–Kier alpha value is -1.12. The smallest absolute Gasteiger partial charge is 0.263 e. The molecular formula is C7H8F4N2O2S. The highest BCUT2D eigenvalue weighted by atomic mass is 32.3. The molecule has 0 aliphatic rings. The Morgan fingerprint density at radius 1 is 1.44 bits per heavy atom. The number of alkyl halides is 3. The van der Waals surface area contributed by atoms with Gasteiger partial charge in [-0.1, -0.05) is 0 Å². The first-order valence-corrected chi connectivity index (χ1v) is 5.64. The van der Waals surface area contributed by atoms with Crippen molar-refractivity contribution in [3.63, 3.8) is 0 Å². The fourth-order valence-corrected chi connectivity index (χ4v) is 1.81. The zero-order valence-corrected chi connectivity index (χ0v) is 8.94. The molecule has 0 unspecified atom stereocenters. The molecule has 1 rings (SSSR count). The predicted octanol–water partition coefficient (Wildman–Crippen LogP) is 1.55. The predicted molar refractivity (Wildman–Crippen MR) is 46.8 cm³/mol. The third-order valence-corrected chi connectivity index (χ3v) is 2.37. The third-order valence-electron chi connectivity index (χ3n) is 1.72. The lowest BCUT2D eigenvalue weighted by atomic mass is 10.3. The van der Waals surface area contributed by atoms with E-state index in [9.17, 15) is 25.5 Å². The minimum Gasteiger partial charge on any atom is -0.263 e. The van der Waals surface area contributed by atoms with Crippen LogP contribution < -0.4 is 0 Å². The van der Waals surface area contributed by atoms with E-state index in [1.807, 2.05) is 0 Å². The van der Waals surface area contributed by atoms with E-state index in [1.54, 1.807) is 0 Å². The van der Waals surface area contributed by atoms with Crippen LogP contribution in [-0.4, -0.2) is 24.4 Å². The van der Waals surface area contributed by atoms with Crippen molar-refractivity contribution in [2.75, 3.05) is 0 Å². The molecule has 0 atom stereocenters. The number of aromatic nitrogens is 2. The Balaban J connectivity index is 2.91. The van der Waals surface area contributed by atoms with E-state index in [0.717, 1.165) is 6.20 Å². The molecule has 0 aliphatic heterocycles. The van der Waals surface area contributed by atoms with Gasteiger partial charge in [0.15, 0.2) is 0 Å². The first-order chi connectivity index (χ1) is 7.07. The van der Waals surface area contributed by atoms with Crippen molar-refractivity contribution in [3.05, 3.63) is 17.5 Å². The number of rotatable bonds is 3. The summed E-state index contributed by atoms with van der Waals surface area (Å²) in [6, 6.07) is 0. The fourth-order valence-electron chi connectivity index (χ4n) is 1.15. The van der Waals surface area contributed by atoms with E-state index >= 15 is 0 Å². The van der Waals surface area contributed by atoms with Crippen LogP contribution in [0.1, 0.15) is 11.3 Å². The monoisotopic (exact) mass is 260 g/mol. The van der Waals surface area contributed by atoms with Crippen LogP contribution in [0.5, 0.6) is 0 Å². The molecule has 0 aliphatic carbocycles. The van der Waals surface area contributed by atoms with E-state index in [4.69, 9.17) is 0 Å². The second kappa shape index (κ2) is 4.04. The van der Waals surface area contributed by atoms with Gasteiger partial charge in [-0.3, -0.25) is 4.68 Å². The molecular weight excluding hydrogens is 252 g/mol. The SMILES string of the molecule is Cc1nn(CC(F)(F)F)cc1CS(=O)(=O)F. The molecule has 1 aromatic heterocycles. The first kappa shape index (κ1) is 12.9. The molecule has 0 fully saturated rings. The van der Waals surface area contributed by atoms with Crippen molar-refractivity contribution in [3.8, 4) is 0 Å². The highest BCUT2D eigenvalue weighted by Gasteiger charge is 2.29. The second-order valence-corrected chi connectivity index (χ2v) is 4.60. The van der Waals surface area contributed by atoms with Gasteiger partial charge in [-0.2, -0.15) is 26.7 Å². The van der Waals surface area contributed by atoms with Crippen LogP contribution >= 0.6 is 0 Å². The Morgan fingerprint density at radius 3 is 2.44 bits per heavy atom. The van der Waals surface area contributed by atoms with Crippen molar-refractivity contribution in [2.24, 2.45) is 0 Å². The van der Waals surface area contributed by atoms with Gasteiger partial charge in [0.2, 0.25) is 0 Å². The van der Waals surface area contributed by atoms with Gasteiger partial charge in [-0.15, -0.1) is 3.89 Å². The Morgan fingerprint density at radius 2 is 2.00 bits per heavy atom. The Labute approximate surface area is 89.1 Å². The zero-order valence-electron chi connectivity index (χ0n) is 8.12. The summed E-state index contributed by atoms with van der Waals surface area (Å²) in [5.74, 6) is -0.962. The highest BCUT2D eigenvalue weighted by molar-refractivity contribution is 7.85. The summed E-state index contributed by atoms with van der Waals surface area (Å²) in [5.41, 5.74) is -0.0165. The van der Waals surface area contributed by atoms with Gasteiger partial charge in [0.25, 0.3) is 0 Å². The molecule has 0 spiro atoms. The molecule has 9 heteroatoms. The van der Waals surface area contributed by atoms with Crippen LogP contribution in [-0.2, 0) is 22.5 Å². The van der Waals surface area contributed by atoms with E-state index in [0.29, 0.717) is 4.68 Å². The van der Waals surface area contributed by atoms with Crippen LogP contribution in [0, 0.1) is 6.92 Å². The molecule has 0 N–H and O–H groups in total. The van der Waals surface area contributed by atoms with Gasteiger partial charge in [-0.05, 0) is 6.92 Å². The molecule has 0 radical (unpaired) electrons. The number of nitrogens with zero attached hydrogens (tertiary/aromatic N) is 2. The summed E-state index contributed by atoms with van der Waals surface area (Å²) in [4.78, 5) is 0. The van der Waals surface area contributed by atoms with Crippen LogP contribution in [0.4, 0.5) is 17.1 Å². The van der Waals surface area contributed by atoms with Crippen molar-refractivity contribution in [2.45, 2.75) is 25.4 Å². The van der Waals surface area contributed by atoms with Gasteiger partial charge in [0, 0.05) is 11.8 Å². The largest absolute Gasteiger partial charge is 0.408 e. The molecule has 1 heterocycles. The van der Waals surface area contributed by atoms with Gasteiger partial charge in [-0.25, -0.2) is 0 Å². The third kappa shape index (κ3) is 4.17. The lowest BCUT2D eigenvalue weighted by Crippen LogP contribution is -2.18. The van der Waals surface area contributed by atoms with E-state index in [2.05, 4.69) is 5.10 Å². The normalized spacial score (nSPS) is 13.1. The summed E-state index contributed by atoms with van der Waals surface area (Å²) in [6.07, 6.45) is -3.58. The lowest BCUT2D eigenvalue weighted by Gasteiger charge is -2.04. The molecule has 1 aromatic rings. The first-order valence-electron chi connectivity index (χ1n) is 4.09. The van der Waals surface area contributed by atoms with E-state index < -0.39 is 28.7 Å². The van der Waals surface area contributed by atoms with Gasteiger partial charge >= 0.3 is 16.4 Å². The summed E-state index contributed by atoms with van der Waals surface area (Å²) in [6.45, 7) is -0.0203. The highest BCUT2D eigenvalue weighted by Crippen LogP contribution is 2.19. The minimum absolute atomic E-state index is 0.0606. The summed E-state index contributed by atoms with van der Waals surface area (Å²) in [5, 5.41) is 3.45. The summed E-state index contributed by atoms with van der Waals surface area (Å²) < 4.78 is 69.4. The molecule has 0 bridgehead atoms. The number of hydrogen-bond donors (Lipinski definition) is 0. The second-order valence-electron chi connectivity index (χ2n) is 3.24. The minimum atomic E-state index is -4.76. The standard InChI is InChI=1S/C7H8F4N2O2S/c1-5-6(3-16(11,14)15)2-13(12-5)4-7(8,9)10/h2H,3-4H2,1H3. The van der Waals surface area contributed by atoms with Crippen LogP contribution in [0.3, 0.4) is 0 Å². The topological polar surface area (TPSA) is 52.0 Å². The summed E-state index contributed by atoms with van der Waals surface area (Å²) in [7, 11) is -4.76. The van der Waals surface area contributed by atoms with Crippen molar-refractivity contribution in [1.29, 1.82) is 0 Å². The molecule has 0 aromatic carbocycles. The molecule has 92 valence electrons. The molecule has 16 heavy (non-hydrogen) atoms. The van der Waals surface area contributed by atoms with Crippen LogP contribution in [0.25, 0.3) is 0 Å². The van der Waals surface area contributed by atoms with Crippen LogP contribution in [0.15, 0.2) is 6.20 Å². The molecule has 0 saturated heterocycles. The number of hydrogen-bond acceptors (Lipinski definition) is 3. The maximum atomic E-state index is 12.3. The summed E-state index contributed by atoms with van der Waals surface area (Å²) >= 11 is 0. The zero-order chi connectivity index (χ0) is 12.6. The van der Waals surface area contributed by atoms with Gasteiger partial charge in [0.05, 0.1) is 5.69 Å². The average Bonchev–Trinajstić information content (AvgIpc) is 2.23. The number of halogens is 4. The van der Waals surface area contributed by atoms with Crippen molar-refractivity contribution >= 4 is 10.2 Å². The Kier molecular flexibility index (Phi) is 3.27. The molecule has 0 amide bonds. The number of aryl methyl sites for hydroxylation is 1. The molecule has 0 saturated carbocycles. The van der Waals surface area contributed by atoms with Crippen molar-refractivity contribution < 1.29 is 25.5 Å². The van der Waals surface area contributed by atoms with Gasteiger partial charge < -0.3 is 0 Å². The van der Waals surface area contributed by atoms with E-state index in [-0.39, 0.29) is 11.3 Å². The average molecular weight is 260 g/mol. The maximum absolute atomic E-state index is 12.3. The fraction of sp³-hybridized carbons (Fsp3) is 0.571. The van der Waals surface area contributed by atoms with Crippen molar-refractivity contribution in [1.82, 2.24) is 9.78 Å². The quantitative estimate of drug-likeness (QED) is 0.612. The Bertz CT molecular complexity index is 477. The van der Waals surface area contributed by atoms with E-state index in [1.165, 1.54) is 6.92 Å². The lowest BCUT2D eigenvalue weighted by molar-refractivity contribution is -0.142. The molecule has 4 nitrogen and oxygen atoms in total. The van der Waals surface area contributed by atoms with Crippen LogP contribution in [0.2, 0.25) is 0 Å². The maximum Gasteiger partial charge on any atom is 0.408 e. The van der Waals surface area contributed by atoms with Gasteiger partial charge in [0.1, 0.15) is 12.3 Å².